The van der Waals surface area contributed by atoms with Crippen LogP contribution in [0.5, 0.6) is 0 Å². The van der Waals surface area contributed by atoms with Gasteiger partial charge < -0.3 is 25.4 Å². The Bertz CT molecular complexity index is 1650. The summed E-state index contributed by atoms with van der Waals surface area (Å²) in [5, 5.41) is 40.7. The molecule has 0 bridgehead atoms. The summed E-state index contributed by atoms with van der Waals surface area (Å²) in [5.41, 5.74) is -3.73. The molecule has 4 N–H and O–H groups in total. The van der Waals surface area contributed by atoms with Gasteiger partial charge in [0.05, 0.1) is 30.8 Å². The van der Waals surface area contributed by atoms with E-state index < -0.39 is 89.4 Å². The largest absolute Gasteiger partial charge is 0.394 e. The van der Waals surface area contributed by atoms with Crippen LogP contribution in [0, 0.1) is 12.7 Å². The van der Waals surface area contributed by atoms with E-state index in [0.29, 0.717) is 0 Å². The number of nitrogens with one attached hydrogen (secondary N) is 1. The highest BCUT2D eigenvalue weighted by atomic mass is 32.2. The molecule has 1 aromatic carbocycles. The number of fused-ring (bicyclic) bond motifs is 1. The Morgan fingerprint density at radius 1 is 1.39 bits per heavy atom. The number of ether oxygens (including phenoxy) is 1. The van der Waals surface area contributed by atoms with E-state index in [0.717, 1.165) is 11.6 Å². The van der Waals surface area contributed by atoms with Crippen molar-refractivity contribution in [1.29, 1.82) is 0 Å². The molecule has 0 amide bonds. The Morgan fingerprint density at radius 2 is 2.22 bits per heavy atom. The first-order valence-corrected chi connectivity index (χ1v) is 12.0. The quantitative estimate of drug-likeness (QED) is 0.229. The van der Waals surface area contributed by atoms with Gasteiger partial charge in [0.25, 0.3) is 0 Å². The highest BCUT2D eigenvalue weighted by Gasteiger charge is 2.45. The van der Waals surface area contributed by atoms with Crippen LogP contribution < -0.4 is 5.32 Å². The fourth-order valence-electron chi connectivity index (χ4n) is 4.01. The number of aliphatic hydroxyl groups is 3. The first-order valence-electron chi connectivity index (χ1n) is 16.1. The Hall–Kier alpha value is -2.38. The zero-order chi connectivity index (χ0) is 34.3. The van der Waals surface area contributed by atoms with Crippen molar-refractivity contribution in [2.75, 3.05) is 24.2 Å². The van der Waals surface area contributed by atoms with E-state index in [1.807, 2.05) is 0 Å². The van der Waals surface area contributed by atoms with Crippen molar-refractivity contribution in [3.8, 4) is 0 Å². The SMILES string of the molecule is [2H]c1c([2H])c([C@@H]2C([2H])([2H])[C@@]2([2H])Nc2nc(SC([2H])([2H])C([2H])([2H])C)nc3c2nnn3[C@@H]2C[C@H](OCCO)[C@@H](O)[C@H]2O)c([2H])c(F)c1C. The van der Waals surface area contributed by atoms with E-state index in [1.54, 1.807) is 0 Å². The van der Waals surface area contributed by atoms with Gasteiger partial charge in [-0.2, -0.15) is 0 Å². The molecule has 2 heterocycles. The molecule has 5 rings (SSSR count). The molecular weight excluding hydrogens is 487 g/mol. The molecule has 2 aromatic heterocycles. The van der Waals surface area contributed by atoms with E-state index in [2.05, 4.69) is 25.6 Å². The average molecular weight is 529 g/mol. The Labute approximate surface area is 226 Å². The molecule has 2 saturated carbocycles. The van der Waals surface area contributed by atoms with Crippen LogP contribution in [0.3, 0.4) is 0 Å². The lowest BCUT2D eigenvalue weighted by atomic mass is 10.1. The van der Waals surface area contributed by atoms with Crippen molar-refractivity contribution in [2.24, 2.45) is 0 Å². The molecule has 0 saturated heterocycles. The van der Waals surface area contributed by atoms with Crippen LogP contribution in [0.4, 0.5) is 10.2 Å². The summed E-state index contributed by atoms with van der Waals surface area (Å²) in [5.74, 6) is -3.13. The van der Waals surface area contributed by atoms with Gasteiger partial charge in [-0.1, -0.05) is 36.0 Å². The number of halogens is 1. The lowest BCUT2D eigenvalue weighted by molar-refractivity contribution is -0.0629. The normalized spacial score (nSPS) is 35.9. The van der Waals surface area contributed by atoms with E-state index in [-0.39, 0.29) is 53.9 Å². The fraction of sp³-hybridized carbons (Fsp3) is 0.583. The summed E-state index contributed by atoms with van der Waals surface area (Å²) >= 11 is 0.277. The van der Waals surface area contributed by atoms with Crippen LogP contribution in [0.2, 0.25) is 0 Å². The van der Waals surface area contributed by atoms with Crippen LogP contribution in [0.25, 0.3) is 11.2 Å². The fourth-order valence-corrected chi connectivity index (χ4v) is 4.47. The van der Waals surface area contributed by atoms with Gasteiger partial charge in [0.1, 0.15) is 18.0 Å². The van der Waals surface area contributed by atoms with Gasteiger partial charge in [-0.05, 0) is 36.8 Å². The minimum absolute atomic E-state index is 0.0195. The predicted molar refractivity (Wildman–Crippen MR) is 133 cm³/mol. The predicted octanol–water partition coefficient (Wildman–Crippen LogP) is 2.18. The molecule has 0 spiro atoms. The number of aromatic nitrogens is 5. The molecule has 12 heteroatoms. The van der Waals surface area contributed by atoms with Crippen molar-refractivity contribution in [1.82, 2.24) is 25.0 Å². The monoisotopic (exact) mass is 528 g/mol. The number of hydrogen-bond acceptors (Lipinski definition) is 10. The van der Waals surface area contributed by atoms with Gasteiger partial charge in [-0.15, -0.1) is 5.10 Å². The summed E-state index contributed by atoms with van der Waals surface area (Å²) < 4.78 is 104. The summed E-state index contributed by atoms with van der Waals surface area (Å²) in [6.45, 7) is 1.76. The van der Waals surface area contributed by atoms with Gasteiger partial charge >= 0.3 is 0 Å². The molecular formula is C24H31FN6O4S. The Balaban J connectivity index is 1.62. The summed E-state index contributed by atoms with van der Waals surface area (Å²) in [6.07, 6.45) is -8.73. The van der Waals surface area contributed by atoms with Crippen LogP contribution in [-0.4, -0.2) is 83.5 Å². The zero-order valence-electron chi connectivity index (χ0n) is 29.3. The molecule has 0 radical (unpaired) electrons. The lowest BCUT2D eigenvalue weighted by Crippen LogP contribution is -2.33. The molecule has 10 nitrogen and oxygen atoms in total. The number of thioether (sulfide) groups is 1. The standard InChI is InChI=1S/C24H31FN6O4S/c1-3-8-36-24-27-22(26-16-10-14(16)13-5-4-12(2)15(25)9-13)19-23(28-24)31(30-29-19)17-11-18(35-7-6-32)21(34)20(17)33/h4-5,9,14,16-18,20-21,32-34H,3,6-8,10-11H2,1-2H3,(H,26,27,28)/t14-,16+,17+,18-,20-,21+/m0/s1/i3D2,4D,5D,8D2,9D,10D2,16D. The Kier molecular flexibility index (Phi) is 4.62. The molecule has 194 valence electrons. The second-order valence-corrected chi connectivity index (χ2v) is 9.05. The Morgan fingerprint density at radius 3 is 3.00 bits per heavy atom. The van der Waals surface area contributed by atoms with Gasteiger partial charge in [0.2, 0.25) is 0 Å². The molecule has 2 fully saturated rings. The van der Waals surface area contributed by atoms with Crippen LogP contribution in [-0.2, 0) is 4.74 Å². The van der Waals surface area contributed by atoms with E-state index in [4.69, 9.17) is 23.6 Å². The topological polar surface area (TPSA) is 138 Å². The zero-order valence-corrected chi connectivity index (χ0v) is 20.1. The number of hydrogen-bond donors (Lipinski definition) is 4. The second-order valence-electron chi connectivity index (χ2n) is 8.28. The third-order valence-corrected chi connectivity index (χ3v) is 6.56. The average Bonchev–Trinajstić information content (AvgIpc) is 3.26. The van der Waals surface area contributed by atoms with Gasteiger partial charge in [0, 0.05) is 32.3 Å². The molecule has 2 aliphatic rings. The van der Waals surface area contributed by atoms with Crippen molar-refractivity contribution in [2.45, 2.75) is 74.5 Å². The maximum atomic E-state index is 14.8. The second kappa shape index (κ2) is 10.5. The van der Waals surface area contributed by atoms with Crippen LogP contribution in [0.15, 0.2) is 23.3 Å². The van der Waals surface area contributed by atoms with E-state index >= 15 is 0 Å². The van der Waals surface area contributed by atoms with Crippen LogP contribution in [0.1, 0.15) is 62.9 Å². The van der Waals surface area contributed by atoms with Gasteiger partial charge in [0.15, 0.2) is 22.1 Å². The number of anilines is 1. The number of nitrogens with zero attached hydrogens (tertiary/aromatic N) is 5. The maximum absolute atomic E-state index is 14.8. The summed E-state index contributed by atoms with van der Waals surface area (Å²) in [4.78, 5) is 8.50. The molecule has 0 aliphatic heterocycles. The van der Waals surface area contributed by atoms with Crippen molar-refractivity contribution < 1.29 is 38.2 Å². The van der Waals surface area contributed by atoms with Gasteiger partial charge in [-0.25, -0.2) is 19.0 Å². The molecule has 36 heavy (non-hydrogen) atoms. The number of benzene rings is 1. The lowest BCUT2D eigenvalue weighted by Gasteiger charge is -2.17. The third-order valence-electron chi connectivity index (χ3n) is 5.89. The van der Waals surface area contributed by atoms with Crippen LogP contribution >= 0.6 is 11.8 Å². The van der Waals surface area contributed by atoms with Crippen molar-refractivity contribution in [3.05, 3.63) is 35.1 Å². The van der Waals surface area contributed by atoms with Gasteiger partial charge in [-0.3, -0.25) is 0 Å². The number of rotatable bonds is 10. The smallest absolute Gasteiger partial charge is 0.191 e. The third kappa shape index (κ3) is 4.92. The summed E-state index contributed by atoms with van der Waals surface area (Å²) in [6, 6.07) is -5.43. The molecule has 3 aromatic rings. The van der Waals surface area contributed by atoms with Crippen molar-refractivity contribution in [3.63, 3.8) is 0 Å². The minimum Gasteiger partial charge on any atom is -0.394 e. The maximum Gasteiger partial charge on any atom is 0.191 e. The van der Waals surface area contributed by atoms with E-state index in [9.17, 15) is 14.6 Å². The highest BCUT2D eigenvalue weighted by molar-refractivity contribution is 7.99. The minimum atomic E-state index is -2.61. The first kappa shape index (κ1) is 15.8. The molecule has 0 unspecified atom stereocenters. The molecule has 2 aliphatic carbocycles. The molecule has 6 atom stereocenters. The summed E-state index contributed by atoms with van der Waals surface area (Å²) in [7, 11) is 0. The van der Waals surface area contributed by atoms with Crippen molar-refractivity contribution >= 4 is 28.7 Å². The van der Waals surface area contributed by atoms with E-state index in [1.165, 1.54) is 6.92 Å². The number of aliphatic hydroxyl groups excluding tert-OH is 3. The first-order chi connectivity index (χ1) is 21.2. The highest BCUT2D eigenvalue weighted by Crippen LogP contribution is 2.44.